The van der Waals surface area contributed by atoms with Crippen molar-refractivity contribution in [2.45, 2.75) is 35.7 Å². The number of nitrogens with one attached hydrogen (secondary N) is 1. The number of alkyl halides is 4. The molecule has 1 aliphatic rings. The maximum atomic E-state index is 13.8. The maximum Gasteiger partial charge on any atom is 0.435 e. The molecular weight excluding hydrogens is 482 g/mol. The van der Waals surface area contributed by atoms with E-state index in [1.165, 1.54) is 18.2 Å². The quantitative estimate of drug-likeness (QED) is 0.290. The summed E-state index contributed by atoms with van der Waals surface area (Å²) in [7, 11) is 0. The first-order valence-electron chi connectivity index (χ1n) is 8.22. The van der Waals surface area contributed by atoms with Gasteiger partial charge in [-0.15, -0.1) is 10.2 Å². The standard InChI is InChI=1S/C17H16F5IN4/c18-11-2-1-10(13(19)7-11)9-27-6-5-12(8-15(27)23)24-16-4-3-14(25-26-16)17(20,21)22/h1-4,7,12,15H,5-6,8-9H2,(H,24,26). The highest BCUT2D eigenvalue weighted by Crippen LogP contribution is 2.29. The summed E-state index contributed by atoms with van der Waals surface area (Å²) >= 11 is 2.24. The average Bonchev–Trinajstić information content (AvgIpc) is 2.59. The number of benzene rings is 1. The van der Waals surface area contributed by atoms with Crippen LogP contribution in [0.5, 0.6) is 0 Å². The van der Waals surface area contributed by atoms with Crippen LogP contribution in [0.2, 0.25) is 0 Å². The van der Waals surface area contributed by atoms with Gasteiger partial charge in [0, 0.05) is 30.8 Å². The van der Waals surface area contributed by atoms with Crippen LogP contribution >= 0.6 is 22.6 Å². The number of halogens is 6. The van der Waals surface area contributed by atoms with Crippen molar-refractivity contribution in [3.05, 3.63) is 53.2 Å². The minimum atomic E-state index is -4.51. The first-order valence-corrected chi connectivity index (χ1v) is 9.46. The first-order chi connectivity index (χ1) is 12.7. The Morgan fingerprint density at radius 3 is 2.52 bits per heavy atom. The molecule has 1 aromatic carbocycles. The Labute approximate surface area is 166 Å². The number of rotatable bonds is 4. The molecule has 1 aromatic heterocycles. The number of nitrogens with zero attached hydrogens (tertiary/aromatic N) is 3. The molecule has 2 heterocycles. The van der Waals surface area contributed by atoms with Crippen molar-refractivity contribution < 1.29 is 22.0 Å². The van der Waals surface area contributed by atoms with Crippen LogP contribution in [-0.4, -0.2) is 31.7 Å². The molecule has 0 radical (unpaired) electrons. The fourth-order valence-corrected chi connectivity index (χ4v) is 4.00. The van der Waals surface area contributed by atoms with Crippen molar-refractivity contribution in [2.75, 3.05) is 11.9 Å². The third kappa shape index (κ3) is 5.24. The molecule has 1 saturated heterocycles. The van der Waals surface area contributed by atoms with Gasteiger partial charge in [-0.1, -0.05) is 28.7 Å². The smallest absolute Gasteiger partial charge is 0.366 e. The molecule has 0 spiro atoms. The topological polar surface area (TPSA) is 41.0 Å². The van der Waals surface area contributed by atoms with Gasteiger partial charge in [0.25, 0.3) is 0 Å². The lowest BCUT2D eigenvalue weighted by molar-refractivity contribution is -0.141. The van der Waals surface area contributed by atoms with Gasteiger partial charge in [0.15, 0.2) is 5.69 Å². The molecule has 1 N–H and O–H groups in total. The van der Waals surface area contributed by atoms with E-state index in [4.69, 9.17) is 0 Å². The lowest BCUT2D eigenvalue weighted by atomic mass is 10.0. The van der Waals surface area contributed by atoms with Gasteiger partial charge in [-0.3, -0.25) is 4.90 Å². The van der Waals surface area contributed by atoms with Crippen LogP contribution < -0.4 is 5.32 Å². The largest absolute Gasteiger partial charge is 0.435 e. The third-order valence-corrected chi connectivity index (χ3v) is 5.63. The predicted molar refractivity (Wildman–Crippen MR) is 98.3 cm³/mol. The van der Waals surface area contributed by atoms with Gasteiger partial charge in [-0.25, -0.2) is 8.78 Å². The Balaban J connectivity index is 1.56. The second-order valence-corrected chi connectivity index (χ2v) is 7.75. The molecule has 1 fully saturated rings. The number of likely N-dealkylation sites (tertiary alicyclic amines) is 1. The summed E-state index contributed by atoms with van der Waals surface area (Å²) in [5.74, 6) is -0.892. The van der Waals surface area contributed by atoms with Crippen molar-refractivity contribution in [3.8, 4) is 0 Å². The normalized spacial score (nSPS) is 21.3. The SMILES string of the molecule is Fc1ccc(CN2CCC(Nc3ccc(C(F)(F)F)nn3)CC2I)c(F)c1. The third-order valence-electron chi connectivity index (χ3n) is 4.34. The summed E-state index contributed by atoms with van der Waals surface area (Å²) in [6, 6.07) is 5.72. The minimum Gasteiger partial charge on any atom is -0.366 e. The van der Waals surface area contributed by atoms with Crippen molar-refractivity contribution >= 4 is 28.4 Å². The molecule has 10 heteroatoms. The van der Waals surface area contributed by atoms with E-state index in [-0.39, 0.29) is 15.9 Å². The van der Waals surface area contributed by atoms with E-state index >= 15 is 0 Å². The Morgan fingerprint density at radius 1 is 1.15 bits per heavy atom. The lowest BCUT2D eigenvalue weighted by Crippen LogP contribution is -2.43. The Bertz CT molecular complexity index is 784. The van der Waals surface area contributed by atoms with E-state index in [2.05, 4.69) is 43.0 Å². The molecular formula is C17H16F5IN4. The van der Waals surface area contributed by atoms with Crippen LogP contribution in [0, 0.1) is 11.6 Å². The van der Waals surface area contributed by atoms with E-state index < -0.39 is 23.5 Å². The molecule has 0 bridgehead atoms. The highest BCUT2D eigenvalue weighted by Gasteiger charge is 2.33. The van der Waals surface area contributed by atoms with Gasteiger partial charge >= 0.3 is 6.18 Å². The summed E-state index contributed by atoms with van der Waals surface area (Å²) in [5, 5.41) is 9.89. The van der Waals surface area contributed by atoms with E-state index in [1.54, 1.807) is 0 Å². The van der Waals surface area contributed by atoms with Crippen molar-refractivity contribution in [3.63, 3.8) is 0 Å². The van der Waals surface area contributed by atoms with Crippen molar-refractivity contribution in [1.29, 1.82) is 0 Å². The molecule has 3 rings (SSSR count). The fraction of sp³-hybridized carbons (Fsp3) is 0.412. The zero-order valence-electron chi connectivity index (χ0n) is 14.0. The highest BCUT2D eigenvalue weighted by atomic mass is 127. The van der Waals surface area contributed by atoms with Gasteiger partial charge in [-0.05, 0) is 31.0 Å². The molecule has 0 amide bonds. The van der Waals surface area contributed by atoms with E-state index in [9.17, 15) is 22.0 Å². The Kier molecular flexibility index (Phi) is 6.14. The first kappa shape index (κ1) is 20.2. The number of anilines is 1. The van der Waals surface area contributed by atoms with Crippen LogP contribution in [0.4, 0.5) is 27.8 Å². The molecule has 1 aliphatic heterocycles. The summed E-state index contributed by atoms with van der Waals surface area (Å²) in [6.07, 6.45) is -3.10. The predicted octanol–water partition coefficient (Wildman–Crippen LogP) is 4.61. The van der Waals surface area contributed by atoms with Crippen molar-refractivity contribution in [2.24, 2.45) is 0 Å². The summed E-state index contributed by atoms with van der Waals surface area (Å²) in [5.41, 5.74) is -0.603. The number of piperidine rings is 1. The minimum absolute atomic E-state index is 0.0206. The second-order valence-electron chi connectivity index (χ2n) is 6.31. The molecule has 2 unspecified atom stereocenters. The molecule has 0 saturated carbocycles. The van der Waals surface area contributed by atoms with Gasteiger partial charge in [-0.2, -0.15) is 13.2 Å². The molecule has 0 aliphatic carbocycles. The average molecular weight is 498 g/mol. The number of hydrogen-bond acceptors (Lipinski definition) is 4. The van der Waals surface area contributed by atoms with Gasteiger partial charge in [0.1, 0.15) is 17.5 Å². The monoisotopic (exact) mass is 498 g/mol. The summed E-state index contributed by atoms with van der Waals surface area (Å²) in [4.78, 5) is 2.08. The fourth-order valence-electron chi connectivity index (χ4n) is 2.91. The van der Waals surface area contributed by atoms with Crippen LogP contribution in [0.1, 0.15) is 24.1 Å². The van der Waals surface area contributed by atoms with E-state index in [0.717, 1.165) is 12.1 Å². The lowest BCUT2D eigenvalue weighted by Gasteiger charge is -2.37. The van der Waals surface area contributed by atoms with Gasteiger partial charge in [0.05, 0.1) is 4.05 Å². The molecule has 27 heavy (non-hydrogen) atoms. The van der Waals surface area contributed by atoms with Crippen LogP contribution in [0.15, 0.2) is 30.3 Å². The highest BCUT2D eigenvalue weighted by molar-refractivity contribution is 14.1. The molecule has 2 aromatic rings. The molecule has 4 nitrogen and oxygen atoms in total. The maximum absolute atomic E-state index is 13.8. The molecule has 2 atom stereocenters. The van der Waals surface area contributed by atoms with Gasteiger partial charge in [0.2, 0.25) is 0 Å². The van der Waals surface area contributed by atoms with Crippen LogP contribution in [0.3, 0.4) is 0 Å². The zero-order valence-corrected chi connectivity index (χ0v) is 16.1. The molecule has 146 valence electrons. The van der Waals surface area contributed by atoms with Crippen LogP contribution in [-0.2, 0) is 12.7 Å². The van der Waals surface area contributed by atoms with Crippen LogP contribution in [0.25, 0.3) is 0 Å². The Hall–Kier alpha value is -1.56. The second kappa shape index (κ2) is 8.21. The van der Waals surface area contributed by atoms with Gasteiger partial charge < -0.3 is 5.32 Å². The van der Waals surface area contributed by atoms with E-state index in [1.807, 2.05) is 0 Å². The Morgan fingerprint density at radius 2 is 1.93 bits per heavy atom. The zero-order chi connectivity index (χ0) is 19.6. The van der Waals surface area contributed by atoms with E-state index in [0.29, 0.717) is 31.5 Å². The number of hydrogen-bond donors (Lipinski definition) is 1. The number of aromatic nitrogens is 2. The summed E-state index contributed by atoms with van der Waals surface area (Å²) in [6.45, 7) is 1.03. The van der Waals surface area contributed by atoms with Crippen molar-refractivity contribution in [1.82, 2.24) is 15.1 Å². The summed E-state index contributed by atoms with van der Waals surface area (Å²) < 4.78 is 64.5.